The summed E-state index contributed by atoms with van der Waals surface area (Å²) in [6, 6.07) is 6.12. The second-order valence-electron chi connectivity index (χ2n) is 3.53. The second-order valence-corrected chi connectivity index (χ2v) is 3.79. The Morgan fingerprint density at radius 1 is 1.20 bits per heavy atom. The molecule has 0 fully saturated rings. The lowest BCUT2D eigenvalue weighted by atomic mass is 10.1. The normalized spacial score (nSPS) is 10.6. The molecule has 3 nitrogen and oxygen atoms in total. The number of benzene rings is 1. The zero-order chi connectivity index (χ0) is 10.8. The first kappa shape index (κ1) is 10.2. The maximum Gasteiger partial charge on any atom is 0.257 e. The van der Waals surface area contributed by atoms with Crippen molar-refractivity contribution in [2.75, 3.05) is 0 Å². The number of hydrogen-bond acceptors (Lipinski definition) is 3. The SMILES string of the molecule is Cc1cc(C)cc(-c2nc(CCl)no2)c1. The third kappa shape index (κ3) is 2.18. The largest absolute Gasteiger partial charge is 0.334 e. The van der Waals surface area contributed by atoms with E-state index in [-0.39, 0.29) is 5.88 Å². The molecule has 0 radical (unpaired) electrons. The van der Waals surface area contributed by atoms with Crippen LogP contribution in [0.3, 0.4) is 0 Å². The van der Waals surface area contributed by atoms with Crippen molar-refractivity contribution >= 4 is 11.6 Å². The molecule has 0 unspecified atom stereocenters. The van der Waals surface area contributed by atoms with E-state index in [4.69, 9.17) is 16.1 Å². The molecule has 0 bridgehead atoms. The highest BCUT2D eigenvalue weighted by Crippen LogP contribution is 2.20. The minimum Gasteiger partial charge on any atom is -0.334 e. The van der Waals surface area contributed by atoms with Gasteiger partial charge in [-0.15, -0.1) is 11.6 Å². The summed E-state index contributed by atoms with van der Waals surface area (Å²) in [6.07, 6.45) is 0. The molecule has 0 amide bonds. The summed E-state index contributed by atoms with van der Waals surface area (Å²) in [7, 11) is 0. The van der Waals surface area contributed by atoms with Crippen LogP contribution >= 0.6 is 11.6 Å². The summed E-state index contributed by atoms with van der Waals surface area (Å²) in [4.78, 5) is 4.17. The number of nitrogens with zero attached hydrogens (tertiary/aromatic N) is 2. The van der Waals surface area contributed by atoms with Gasteiger partial charge < -0.3 is 4.52 Å². The van der Waals surface area contributed by atoms with Gasteiger partial charge in [0.05, 0.1) is 5.88 Å². The van der Waals surface area contributed by atoms with Crippen molar-refractivity contribution in [1.29, 1.82) is 0 Å². The Bertz CT molecular complexity index is 459. The Labute approximate surface area is 93.1 Å². The van der Waals surface area contributed by atoms with Gasteiger partial charge in [0.2, 0.25) is 0 Å². The van der Waals surface area contributed by atoms with Gasteiger partial charge in [-0.1, -0.05) is 22.3 Å². The van der Waals surface area contributed by atoms with Crippen LogP contribution in [0.15, 0.2) is 22.7 Å². The van der Waals surface area contributed by atoms with E-state index in [0.29, 0.717) is 11.7 Å². The van der Waals surface area contributed by atoms with Crippen LogP contribution in [-0.4, -0.2) is 10.1 Å². The highest BCUT2D eigenvalue weighted by atomic mass is 35.5. The third-order valence-electron chi connectivity index (χ3n) is 2.06. The van der Waals surface area contributed by atoms with Crippen molar-refractivity contribution in [3.8, 4) is 11.5 Å². The monoisotopic (exact) mass is 222 g/mol. The molecule has 0 aliphatic rings. The van der Waals surface area contributed by atoms with E-state index in [2.05, 4.69) is 16.2 Å². The first-order chi connectivity index (χ1) is 7.19. The number of alkyl halides is 1. The van der Waals surface area contributed by atoms with Gasteiger partial charge in [0.15, 0.2) is 5.82 Å². The summed E-state index contributed by atoms with van der Waals surface area (Å²) in [5, 5.41) is 3.75. The lowest BCUT2D eigenvalue weighted by Crippen LogP contribution is -1.84. The van der Waals surface area contributed by atoms with Crippen LogP contribution in [0.25, 0.3) is 11.5 Å². The van der Waals surface area contributed by atoms with Gasteiger partial charge in [0, 0.05) is 5.56 Å². The molecule has 0 saturated carbocycles. The van der Waals surface area contributed by atoms with Crippen LogP contribution in [0.4, 0.5) is 0 Å². The predicted molar refractivity (Wildman–Crippen MR) is 58.8 cm³/mol. The van der Waals surface area contributed by atoms with E-state index in [1.165, 1.54) is 11.1 Å². The Morgan fingerprint density at radius 2 is 1.87 bits per heavy atom. The molecular formula is C11H11ClN2O. The maximum absolute atomic E-state index is 5.61. The predicted octanol–water partition coefficient (Wildman–Crippen LogP) is 3.09. The van der Waals surface area contributed by atoms with Gasteiger partial charge in [-0.25, -0.2) is 0 Å². The zero-order valence-corrected chi connectivity index (χ0v) is 9.38. The maximum atomic E-state index is 5.61. The Hall–Kier alpha value is -1.35. The number of aryl methyl sites for hydroxylation is 2. The molecule has 0 aliphatic heterocycles. The van der Waals surface area contributed by atoms with Crippen LogP contribution in [-0.2, 0) is 5.88 Å². The van der Waals surface area contributed by atoms with Gasteiger partial charge in [-0.2, -0.15) is 4.98 Å². The van der Waals surface area contributed by atoms with Crippen molar-refractivity contribution in [2.45, 2.75) is 19.7 Å². The van der Waals surface area contributed by atoms with Crippen LogP contribution in [0, 0.1) is 13.8 Å². The van der Waals surface area contributed by atoms with Gasteiger partial charge in [-0.3, -0.25) is 0 Å². The summed E-state index contributed by atoms with van der Waals surface area (Å²) in [6.45, 7) is 4.07. The summed E-state index contributed by atoms with van der Waals surface area (Å²) in [5.41, 5.74) is 3.29. The first-order valence-electron chi connectivity index (χ1n) is 4.66. The van der Waals surface area contributed by atoms with Crippen molar-refractivity contribution in [1.82, 2.24) is 10.1 Å². The zero-order valence-electron chi connectivity index (χ0n) is 8.62. The average Bonchev–Trinajstić information content (AvgIpc) is 2.64. The lowest BCUT2D eigenvalue weighted by molar-refractivity contribution is 0.425. The van der Waals surface area contributed by atoms with E-state index in [1.807, 2.05) is 26.0 Å². The van der Waals surface area contributed by atoms with E-state index in [0.717, 1.165) is 5.56 Å². The lowest BCUT2D eigenvalue weighted by Gasteiger charge is -1.99. The fourth-order valence-corrected chi connectivity index (χ4v) is 1.63. The van der Waals surface area contributed by atoms with Crippen molar-refractivity contribution in [3.05, 3.63) is 35.2 Å². The smallest absolute Gasteiger partial charge is 0.257 e. The molecule has 4 heteroatoms. The first-order valence-corrected chi connectivity index (χ1v) is 5.19. The fraction of sp³-hybridized carbons (Fsp3) is 0.273. The molecule has 1 aromatic heterocycles. The van der Waals surface area contributed by atoms with Crippen LogP contribution < -0.4 is 0 Å². The molecule has 0 spiro atoms. The van der Waals surface area contributed by atoms with Crippen LogP contribution in [0.5, 0.6) is 0 Å². The molecule has 2 aromatic rings. The molecule has 0 N–H and O–H groups in total. The minimum atomic E-state index is 0.272. The van der Waals surface area contributed by atoms with Gasteiger partial charge >= 0.3 is 0 Å². The van der Waals surface area contributed by atoms with E-state index in [1.54, 1.807) is 0 Å². The van der Waals surface area contributed by atoms with Crippen molar-refractivity contribution < 1.29 is 4.52 Å². The highest BCUT2D eigenvalue weighted by Gasteiger charge is 2.08. The van der Waals surface area contributed by atoms with E-state index in [9.17, 15) is 0 Å². The summed E-state index contributed by atoms with van der Waals surface area (Å²) >= 11 is 5.61. The second kappa shape index (κ2) is 4.03. The number of aromatic nitrogens is 2. The standard InChI is InChI=1S/C11H11ClN2O/c1-7-3-8(2)5-9(4-7)11-13-10(6-12)14-15-11/h3-5H,6H2,1-2H3. The molecule has 0 aliphatic carbocycles. The van der Waals surface area contributed by atoms with E-state index < -0.39 is 0 Å². The third-order valence-corrected chi connectivity index (χ3v) is 2.30. The van der Waals surface area contributed by atoms with E-state index >= 15 is 0 Å². The topological polar surface area (TPSA) is 38.9 Å². The van der Waals surface area contributed by atoms with Crippen LogP contribution in [0.2, 0.25) is 0 Å². The Kier molecular flexibility index (Phi) is 2.73. The number of rotatable bonds is 2. The number of hydrogen-bond donors (Lipinski definition) is 0. The molecule has 0 saturated heterocycles. The summed E-state index contributed by atoms with van der Waals surface area (Å²) in [5.74, 6) is 1.32. The highest BCUT2D eigenvalue weighted by molar-refractivity contribution is 6.16. The van der Waals surface area contributed by atoms with Gasteiger partial charge in [-0.05, 0) is 26.0 Å². The number of halogens is 1. The van der Waals surface area contributed by atoms with Crippen LogP contribution in [0.1, 0.15) is 17.0 Å². The molecule has 78 valence electrons. The molecule has 15 heavy (non-hydrogen) atoms. The van der Waals surface area contributed by atoms with Crippen molar-refractivity contribution in [3.63, 3.8) is 0 Å². The molecule has 2 rings (SSSR count). The quantitative estimate of drug-likeness (QED) is 0.733. The van der Waals surface area contributed by atoms with Crippen molar-refractivity contribution in [2.24, 2.45) is 0 Å². The van der Waals surface area contributed by atoms with Gasteiger partial charge in [0.1, 0.15) is 0 Å². The Morgan fingerprint density at radius 3 is 2.40 bits per heavy atom. The molecular weight excluding hydrogens is 212 g/mol. The Balaban J connectivity index is 2.44. The molecule has 0 atom stereocenters. The molecule has 1 heterocycles. The van der Waals surface area contributed by atoms with Gasteiger partial charge in [0.25, 0.3) is 5.89 Å². The minimum absolute atomic E-state index is 0.272. The fourth-order valence-electron chi connectivity index (χ4n) is 1.52. The molecule has 1 aromatic carbocycles. The summed E-state index contributed by atoms with van der Waals surface area (Å²) < 4.78 is 5.11. The average molecular weight is 223 g/mol.